The number of rotatable bonds is 4. The lowest BCUT2D eigenvalue weighted by Crippen LogP contribution is -2.49. The molecule has 1 atom stereocenters. The summed E-state index contributed by atoms with van der Waals surface area (Å²) in [4.78, 5) is 25.9. The van der Waals surface area contributed by atoms with Gasteiger partial charge in [-0.05, 0) is 39.2 Å². The Morgan fingerprint density at radius 1 is 1.35 bits per heavy atom. The number of hydrogen-bond acceptors (Lipinski definition) is 3. The van der Waals surface area contributed by atoms with Gasteiger partial charge in [0.2, 0.25) is 11.8 Å². The Labute approximate surface area is 119 Å². The number of carbonyl (C=O) groups is 2. The van der Waals surface area contributed by atoms with Crippen LogP contribution in [0.3, 0.4) is 0 Å². The average molecular weight is 278 g/mol. The molecule has 0 aliphatic carbocycles. The van der Waals surface area contributed by atoms with E-state index in [0.29, 0.717) is 0 Å². The van der Waals surface area contributed by atoms with Crippen LogP contribution in [-0.2, 0) is 16.1 Å². The maximum Gasteiger partial charge on any atom is 0.244 e. The lowest BCUT2D eigenvalue weighted by atomic mass is 10.1. The zero-order valence-corrected chi connectivity index (χ0v) is 12.1. The van der Waals surface area contributed by atoms with E-state index in [1.54, 1.807) is 17.8 Å². The molecule has 1 fully saturated rings. The fourth-order valence-electron chi connectivity index (χ4n) is 2.44. The molecule has 2 heterocycles. The van der Waals surface area contributed by atoms with Crippen molar-refractivity contribution in [2.75, 3.05) is 13.1 Å². The highest BCUT2D eigenvalue weighted by Gasteiger charge is 2.23. The molecule has 1 aromatic heterocycles. The molecule has 1 unspecified atom stereocenters. The first kappa shape index (κ1) is 14.6. The number of nitrogens with one attached hydrogen (secondary N) is 1. The van der Waals surface area contributed by atoms with Crippen molar-refractivity contribution in [3.8, 4) is 0 Å². The van der Waals surface area contributed by atoms with Crippen LogP contribution in [0.1, 0.15) is 31.9 Å². The summed E-state index contributed by atoms with van der Waals surface area (Å²) in [5.41, 5.74) is 0.871. The molecule has 2 amide bonds. The minimum atomic E-state index is -0.475. The summed E-state index contributed by atoms with van der Waals surface area (Å²) in [5.74, 6) is -0.180. The predicted molar refractivity (Wildman–Crippen MR) is 75.0 cm³/mol. The largest absolute Gasteiger partial charge is 0.343 e. The zero-order chi connectivity index (χ0) is 14.5. The van der Waals surface area contributed by atoms with Gasteiger partial charge in [-0.1, -0.05) is 0 Å². The summed E-state index contributed by atoms with van der Waals surface area (Å²) in [6.07, 6.45) is 5.05. The van der Waals surface area contributed by atoms with Gasteiger partial charge in [0.25, 0.3) is 0 Å². The third-order valence-corrected chi connectivity index (χ3v) is 3.50. The fourth-order valence-corrected chi connectivity index (χ4v) is 2.44. The monoisotopic (exact) mass is 278 g/mol. The molecule has 1 saturated heterocycles. The molecule has 0 bridgehead atoms. The van der Waals surface area contributed by atoms with Crippen molar-refractivity contribution in [2.45, 2.75) is 45.7 Å². The summed E-state index contributed by atoms with van der Waals surface area (Å²) in [6, 6.07) is 1.37. The standard InChI is InChI=1S/C14H22N4O2/c1-11-6-9-18(16-11)10-13(19)15-12(2)14(20)17-7-4-3-5-8-17/h6,9,12H,3-5,7-8,10H2,1-2H3,(H,15,19). The summed E-state index contributed by atoms with van der Waals surface area (Å²) < 4.78 is 1.57. The number of amides is 2. The zero-order valence-electron chi connectivity index (χ0n) is 12.1. The number of aromatic nitrogens is 2. The first-order valence-electron chi connectivity index (χ1n) is 7.14. The average Bonchev–Trinajstić information content (AvgIpc) is 2.84. The van der Waals surface area contributed by atoms with Crippen molar-refractivity contribution in [1.82, 2.24) is 20.0 Å². The second kappa shape index (κ2) is 6.54. The summed E-state index contributed by atoms with van der Waals surface area (Å²) in [6.45, 7) is 5.36. The minimum absolute atomic E-state index is 0.00898. The third kappa shape index (κ3) is 3.82. The van der Waals surface area contributed by atoms with Crippen LogP contribution in [0, 0.1) is 6.92 Å². The van der Waals surface area contributed by atoms with Gasteiger partial charge in [-0.3, -0.25) is 14.3 Å². The molecule has 1 aliphatic heterocycles. The van der Waals surface area contributed by atoms with Crippen LogP contribution in [0.4, 0.5) is 0 Å². The first-order valence-corrected chi connectivity index (χ1v) is 7.14. The second-order valence-corrected chi connectivity index (χ2v) is 5.33. The highest BCUT2D eigenvalue weighted by Crippen LogP contribution is 2.09. The number of aryl methyl sites for hydroxylation is 1. The van der Waals surface area contributed by atoms with E-state index >= 15 is 0 Å². The maximum absolute atomic E-state index is 12.2. The molecule has 0 saturated carbocycles. The van der Waals surface area contributed by atoms with Crippen molar-refractivity contribution in [1.29, 1.82) is 0 Å². The van der Waals surface area contributed by atoms with Crippen molar-refractivity contribution in [3.63, 3.8) is 0 Å². The van der Waals surface area contributed by atoms with E-state index in [-0.39, 0.29) is 18.4 Å². The van der Waals surface area contributed by atoms with Crippen LogP contribution in [-0.4, -0.2) is 45.6 Å². The second-order valence-electron chi connectivity index (χ2n) is 5.33. The van der Waals surface area contributed by atoms with E-state index in [0.717, 1.165) is 31.6 Å². The van der Waals surface area contributed by atoms with E-state index in [2.05, 4.69) is 10.4 Å². The van der Waals surface area contributed by atoms with Crippen molar-refractivity contribution < 1.29 is 9.59 Å². The first-order chi connectivity index (χ1) is 9.56. The van der Waals surface area contributed by atoms with E-state index in [1.165, 1.54) is 6.42 Å². The maximum atomic E-state index is 12.2. The summed E-state index contributed by atoms with van der Waals surface area (Å²) in [5, 5.41) is 6.90. The molecule has 1 aromatic rings. The molecule has 2 rings (SSSR count). The number of nitrogens with zero attached hydrogens (tertiary/aromatic N) is 3. The molecule has 6 heteroatoms. The lowest BCUT2D eigenvalue weighted by molar-refractivity contribution is -0.136. The van der Waals surface area contributed by atoms with Crippen LogP contribution >= 0.6 is 0 Å². The Morgan fingerprint density at radius 3 is 2.65 bits per heavy atom. The van der Waals surface area contributed by atoms with Gasteiger partial charge in [-0.15, -0.1) is 0 Å². The van der Waals surface area contributed by atoms with Crippen LogP contribution in [0.15, 0.2) is 12.3 Å². The third-order valence-electron chi connectivity index (χ3n) is 3.50. The van der Waals surface area contributed by atoms with Crippen LogP contribution < -0.4 is 5.32 Å². The van der Waals surface area contributed by atoms with Crippen LogP contribution in [0.25, 0.3) is 0 Å². The lowest BCUT2D eigenvalue weighted by Gasteiger charge is -2.29. The van der Waals surface area contributed by atoms with Crippen molar-refractivity contribution >= 4 is 11.8 Å². The van der Waals surface area contributed by atoms with E-state index in [9.17, 15) is 9.59 Å². The van der Waals surface area contributed by atoms with Gasteiger partial charge >= 0.3 is 0 Å². The SMILES string of the molecule is Cc1ccn(CC(=O)NC(C)C(=O)N2CCCCC2)n1. The molecular weight excluding hydrogens is 256 g/mol. The highest BCUT2D eigenvalue weighted by molar-refractivity contribution is 5.87. The summed E-state index contributed by atoms with van der Waals surface area (Å²) >= 11 is 0. The molecule has 0 spiro atoms. The number of hydrogen-bond donors (Lipinski definition) is 1. The van der Waals surface area contributed by atoms with Gasteiger partial charge < -0.3 is 10.2 Å². The van der Waals surface area contributed by atoms with E-state index in [4.69, 9.17) is 0 Å². The molecule has 0 aromatic carbocycles. The molecule has 0 radical (unpaired) electrons. The van der Waals surface area contributed by atoms with Gasteiger partial charge in [0.05, 0.1) is 5.69 Å². The van der Waals surface area contributed by atoms with Crippen LogP contribution in [0.2, 0.25) is 0 Å². The normalized spacial score (nSPS) is 16.8. The van der Waals surface area contributed by atoms with Gasteiger partial charge in [0.1, 0.15) is 12.6 Å². The molecule has 1 N–H and O–H groups in total. The van der Waals surface area contributed by atoms with Crippen molar-refractivity contribution in [3.05, 3.63) is 18.0 Å². The number of piperidine rings is 1. The molecular formula is C14H22N4O2. The number of likely N-dealkylation sites (tertiary alicyclic amines) is 1. The Balaban J connectivity index is 1.82. The topological polar surface area (TPSA) is 67.2 Å². The minimum Gasteiger partial charge on any atom is -0.343 e. The van der Waals surface area contributed by atoms with Gasteiger partial charge in [0.15, 0.2) is 0 Å². The fraction of sp³-hybridized carbons (Fsp3) is 0.643. The Hall–Kier alpha value is -1.85. The Morgan fingerprint density at radius 2 is 2.05 bits per heavy atom. The van der Waals surface area contributed by atoms with E-state index in [1.807, 2.05) is 17.9 Å². The molecule has 1 aliphatic rings. The van der Waals surface area contributed by atoms with E-state index < -0.39 is 6.04 Å². The highest BCUT2D eigenvalue weighted by atomic mass is 16.2. The predicted octanol–water partition coefficient (Wildman–Crippen LogP) is 0.709. The van der Waals surface area contributed by atoms with Gasteiger partial charge in [-0.2, -0.15) is 5.10 Å². The smallest absolute Gasteiger partial charge is 0.244 e. The number of carbonyl (C=O) groups excluding carboxylic acids is 2. The van der Waals surface area contributed by atoms with Gasteiger partial charge in [-0.25, -0.2) is 0 Å². The van der Waals surface area contributed by atoms with Crippen LogP contribution in [0.5, 0.6) is 0 Å². The Bertz CT molecular complexity index is 477. The van der Waals surface area contributed by atoms with Crippen molar-refractivity contribution in [2.24, 2.45) is 0 Å². The Kier molecular flexibility index (Phi) is 4.76. The molecule has 20 heavy (non-hydrogen) atoms. The molecule has 110 valence electrons. The molecule has 6 nitrogen and oxygen atoms in total. The summed E-state index contributed by atoms with van der Waals surface area (Å²) in [7, 11) is 0. The quantitative estimate of drug-likeness (QED) is 0.882. The van der Waals surface area contributed by atoms with Gasteiger partial charge in [0, 0.05) is 19.3 Å².